The molecule has 0 N–H and O–H groups in total. The first-order valence-corrected chi connectivity index (χ1v) is 7.31. The highest BCUT2D eigenvalue weighted by Gasteiger charge is 2.34. The summed E-state index contributed by atoms with van der Waals surface area (Å²) >= 11 is 0. The fraction of sp³-hybridized carbons (Fsp3) is 0.533. The number of imidazole rings is 1. The number of carbonyl (C=O) groups is 1. The molecule has 1 aliphatic rings. The maximum atomic E-state index is 12.5. The average molecular weight is 303 g/mol. The smallest absolute Gasteiger partial charge is 0.232 e. The topological polar surface area (TPSA) is 67.4 Å². The number of fused-ring (bicyclic) bond motifs is 1. The molecule has 0 radical (unpaired) electrons. The fourth-order valence-corrected chi connectivity index (χ4v) is 3.03. The van der Waals surface area contributed by atoms with Crippen LogP contribution >= 0.6 is 0 Å². The van der Waals surface area contributed by atoms with E-state index in [0.29, 0.717) is 13.1 Å². The summed E-state index contributed by atoms with van der Waals surface area (Å²) in [5.74, 6) is 0.705. The summed E-state index contributed by atoms with van der Waals surface area (Å²) in [6.07, 6.45) is 1.78. The first kappa shape index (κ1) is 14.8. The molecule has 0 saturated heterocycles. The summed E-state index contributed by atoms with van der Waals surface area (Å²) in [4.78, 5) is 20.8. The minimum absolute atomic E-state index is 0.103. The van der Waals surface area contributed by atoms with Crippen molar-refractivity contribution in [3.63, 3.8) is 0 Å². The van der Waals surface area contributed by atoms with E-state index in [9.17, 15) is 4.79 Å². The lowest BCUT2D eigenvalue weighted by atomic mass is 9.96. The van der Waals surface area contributed by atoms with Gasteiger partial charge in [-0.05, 0) is 6.92 Å². The summed E-state index contributed by atoms with van der Waals surface area (Å²) in [5, 5.41) is 4.04. The second-order valence-corrected chi connectivity index (χ2v) is 6.07. The Kier molecular flexibility index (Phi) is 3.74. The molecule has 0 aliphatic carbocycles. The van der Waals surface area contributed by atoms with E-state index in [1.807, 2.05) is 24.6 Å². The van der Waals surface area contributed by atoms with Crippen molar-refractivity contribution < 1.29 is 9.32 Å². The van der Waals surface area contributed by atoms with Gasteiger partial charge in [-0.3, -0.25) is 9.69 Å². The molecule has 1 aliphatic heterocycles. The van der Waals surface area contributed by atoms with Crippen LogP contribution in [0.3, 0.4) is 0 Å². The van der Waals surface area contributed by atoms with Crippen molar-refractivity contribution in [3.05, 3.63) is 35.2 Å². The molecule has 1 atom stereocenters. The molecule has 118 valence electrons. The Morgan fingerprint density at radius 1 is 1.50 bits per heavy atom. The van der Waals surface area contributed by atoms with Crippen molar-refractivity contribution in [2.75, 3.05) is 20.6 Å². The summed E-state index contributed by atoms with van der Waals surface area (Å²) in [6, 6.07) is 1.93. The van der Waals surface area contributed by atoms with E-state index in [1.165, 1.54) is 0 Å². The van der Waals surface area contributed by atoms with Crippen LogP contribution in [0, 0.1) is 6.92 Å². The predicted octanol–water partition coefficient (Wildman–Crippen LogP) is 0.904. The van der Waals surface area contributed by atoms with Crippen molar-refractivity contribution >= 4 is 5.91 Å². The molecule has 2 aromatic heterocycles. The van der Waals surface area contributed by atoms with Crippen LogP contribution < -0.4 is 0 Å². The zero-order valence-corrected chi connectivity index (χ0v) is 13.4. The first-order valence-electron chi connectivity index (χ1n) is 7.31. The van der Waals surface area contributed by atoms with Crippen molar-refractivity contribution in [1.82, 2.24) is 24.5 Å². The molecule has 2 aromatic rings. The van der Waals surface area contributed by atoms with Crippen molar-refractivity contribution in [3.8, 4) is 0 Å². The Bertz CT molecular complexity index is 688. The number of aromatic nitrogens is 3. The number of hydrogen-bond donors (Lipinski definition) is 0. The maximum Gasteiger partial charge on any atom is 0.232 e. The van der Waals surface area contributed by atoms with Gasteiger partial charge < -0.3 is 14.0 Å². The van der Waals surface area contributed by atoms with Crippen molar-refractivity contribution in [2.45, 2.75) is 25.9 Å². The van der Waals surface area contributed by atoms with Gasteiger partial charge in [-0.2, -0.15) is 0 Å². The molecule has 7 nitrogen and oxygen atoms in total. The largest absolute Gasteiger partial charge is 0.361 e. The number of aryl methyl sites for hydroxylation is 2. The first-order chi connectivity index (χ1) is 10.5. The third-order valence-corrected chi connectivity index (χ3v) is 4.01. The molecule has 0 unspecified atom stereocenters. The normalized spacial score (nSPS) is 18.3. The molecule has 0 spiro atoms. The van der Waals surface area contributed by atoms with Gasteiger partial charge in [0, 0.05) is 46.8 Å². The quantitative estimate of drug-likeness (QED) is 0.843. The molecule has 1 amide bonds. The minimum Gasteiger partial charge on any atom is -0.361 e. The van der Waals surface area contributed by atoms with E-state index in [0.717, 1.165) is 29.4 Å². The van der Waals surface area contributed by atoms with Crippen molar-refractivity contribution in [1.29, 1.82) is 0 Å². The van der Waals surface area contributed by atoms with Gasteiger partial charge in [0.1, 0.15) is 5.76 Å². The van der Waals surface area contributed by atoms with Gasteiger partial charge in [0.2, 0.25) is 5.91 Å². The molecule has 0 aromatic carbocycles. The fourth-order valence-electron chi connectivity index (χ4n) is 3.03. The Balaban J connectivity index is 1.86. The van der Waals surface area contributed by atoms with Gasteiger partial charge in [-0.25, -0.2) is 4.98 Å². The monoisotopic (exact) mass is 303 g/mol. The second-order valence-electron chi connectivity index (χ2n) is 6.07. The Labute approximate surface area is 129 Å². The van der Waals surface area contributed by atoms with Gasteiger partial charge in [0.25, 0.3) is 0 Å². The summed E-state index contributed by atoms with van der Waals surface area (Å²) in [6.45, 7) is 3.92. The maximum absolute atomic E-state index is 12.5. The lowest BCUT2D eigenvalue weighted by molar-refractivity contribution is -0.131. The second kappa shape index (κ2) is 5.57. The zero-order valence-electron chi connectivity index (χ0n) is 13.4. The van der Waals surface area contributed by atoms with Crippen LogP contribution in [-0.4, -0.2) is 51.1 Å². The van der Waals surface area contributed by atoms with E-state index >= 15 is 0 Å². The Morgan fingerprint density at radius 3 is 2.91 bits per heavy atom. The lowest BCUT2D eigenvalue weighted by Crippen LogP contribution is -2.41. The average Bonchev–Trinajstić information content (AvgIpc) is 3.04. The molecule has 7 heteroatoms. The number of likely N-dealkylation sites (N-methyl/N-ethyl adjacent to an activating group) is 1. The van der Waals surface area contributed by atoms with Crippen LogP contribution in [0.15, 0.2) is 16.9 Å². The standard InChI is InChI=1S/C15H21N5O2/c1-10-5-11(17-22-10)6-20-7-12(15(21)18(2)3)14-13(8-20)16-9-19(14)4/h5,9,12H,6-8H2,1-4H3/t12-/m1/s1. The van der Waals surface area contributed by atoms with Gasteiger partial charge >= 0.3 is 0 Å². The van der Waals surface area contributed by atoms with Crippen LogP contribution in [0.5, 0.6) is 0 Å². The zero-order chi connectivity index (χ0) is 15.9. The van der Waals surface area contributed by atoms with E-state index in [2.05, 4.69) is 15.0 Å². The highest BCUT2D eigenvalue weighted by molar-refractivity contribution is 5.83. The van der Waals surface area contributed by atoms with Gasteiger partial charge in [-0.15, -0.1) is 0 Å². The van der Waals surface area contributed by atoms with E-state index in [1.54, 1.807) is 25.3 Å². The molecule has 3 heterocycles. The SMILES string of the molecule is Cc1cc(CN2Cc3ncn(C)c3[C@H](C(=O)N(C)C)C2)no1. The number of amides is 1. The Hall–Kier alpha value is -2.15. The molecular formula is C15H21N5O2. The third kappa shape index (κ3) is 2.64. The predicted molar refractivity (Wildman–Crippen MR) is 80.0 cm³/mol. The van der Waals surface area contributed by atoms with Crippen LogP contribution in [-0.2, 0) is 24.9 Å². The molecule has 22 heavy (non-hydrogen) atoms. The van der Waals surface area contributed by atoms with Gasteiger partial charge in [-0.1, -0.05) is 5.16 Å². The highest BCUT2D eigenvalue weighted by atomic mass is 16.5. The van der Waals surface area contributed by atoms with Gasteiger partial charge in [0.15, 0.2) is 0 Å². The van der Waals surface area contributed by atoms with E-state index in [4.69, 9.17) is 4.52 Å². The van der Waals surface area contributed by atoms with Gasteiger partial charge in [0.05, 0.1) is 29.3 Å². The third-order valence-electron chi connectivity index (χ3n) is 4.01. The minimum atomic E-state index is -0.195. The molecule has 0 bridgehead atoms. The van der Waals surface area contributed by atoms with Crippen LogP contribution in [0.4, 0.5) is 0 Å². The molecule has 3 rings (SSSR count). The number of carbonyl (C=O) groups excluding carboxylic acids is 1. The van der Waals surface area contributed by atoms with Crippen LogP contribution in [0.25, 0.3) is 0 Å². The summed E-state index contributed by atoms with van der Waals surface area (Å²) < 4.78 is 7.08. The molecule has 0 fully saturated rings. The number of hydrogen-bond acceptors (Lipinski definition) is 5. The van der Waals surface area contributed by atoms with Crippen LogP contribution in [0.2, 0.25) is 0 Å². The summed E-state index contributed by atoms with van der Waals surface area (Å²) in [7, 11) is 5.52. The van der Waals surface area contributed by atoms with E-state index < -0.39 is 0 Å². The molecular weight excluding hydrogens is 282 g/mol. The number of nitrogens with zero attached hydrogens (tertiary/aromatic N) is 5. The lowest BCUT2D eigenvalue weighted by Gasteiger charge is -2.32. The van der Waals surface area contributed by atoms with E-state index in [-0.39, 0.29) is 11.8 Å². The highest BCUT2D eigenvalue weighted by Crippen LogP contribution is 2.29. The molecule has 0 saturated carbocycles. The Morgan fingerprint density at radius 2 is 2.27 bits per heavy atom. The van der Waals surface area contributed by atoms with Crippen molar-refractivity contribution in [2.24, 2.45) is 7.05 Å². The number of rotatable bonds is 3. The van der Waals surface area contributed by atoms with Crippen LogP contribution in [0.1, 0.15) is 28.8 Å². The summed E-state index contributed by atoms with van der Waals surface area (Å²) in [5.41, 5.74) is 2.87.